The molecule has 0 atom stereocenters. The Morgan fingerprint density at radius 3 is 2.56 bits per heavy atom. The highest BCUT2D eigenvalue weighted by atomic mass is 35.5. The summed E-state index contributed by atoms with van der Waals surface area (Å²) < 4.78 is 0. The fourth-order valence-corrected chi connectivity index (χ4v) is 2.43. The lowest BCUT2D eigenvalue weighted by molar-refractivity contribution is 0.0697. The first-order valence-corrected chi connectivity index (χ1v) is 6.41. The molecular formula is C13H16ClNO3. The molecule has 1 fully saturated rings. The molecule has 0 amide bonds. The van der Waals surface area contributed by atoms with Gasteiger partial charge >= 0.3 is 5.97 Å². The molecule has 0 saturated heterocycles. The third-order valence-corrected chi connectivity index (χ3v) is 3.59. The van der Waals surface area contributed by atoms with Gasteiger partial charge in [0.05, 0.1) is 16.7 Å². The van der Waals surface area contributed by atoms with Crippen LogP contribution in [0.25, 0.3) is 0 Å². The lowest BCUT2D eigenvalue weighted by Crippen LogP contribution is -2.28. The SMILES string of the molecule is O=C(O)c1cc(NC2CCC(O)CC2)ccc1Cl. The number of aliphatic hydroxyl groups is 1. The molecular weight excluding hydrogens is 254 g/mol. The summed E-state index contributed by atoms with van der Waals surface area (Å²) in [6.07, 6.45) is 3.18. The fourth-order valence-electron chi connectivity index (χ4n) is 2.23. The Hall–Kier alpha value is -1.26. The Labute approximate surface area is 111 Å². The van der Waals surface area contributed by atoms with E-state index in [-0.39, 0.29) is 22.7 Å². The number of halogens is 1. The van der Waals surface area contributed by atoms with Crippen LogP contribution < -0.4 is 5.32 Å². The van der Waals surface area contributed by atoms with E-state index >= 15 is 0 Å². The minimum Gasteiger partial charge on any atom is -0.478 e. The molecule has 3 N–H and O–H groups in total. The molecule has 98 valence electrons. The molecule has 1 aliphatic rings. The van der Waals surface area contributed by atoms with Gasteiger partial charge in [-0.2, -0.15) is 0 Å². The van der Waals surface area contributed by atoms with Crippen LogP contribution in [-0.4, -0.2) is 28.3 Å². The monoisotopic (exact) mass is 269 g/mol. The van der Waals surface area contributed by atoms with Crippen molar-refractivity contribution in [2.75, 3.05) is 5.32 Å². The second-order valence-electron chi connectivity index (χ2n) is 4.65. The Morgan fingerprint density at radius 2 is 1.94 bits per heavy atom. The zero-order valence-electron chi connectivity index (χ0n) is 9.90. The second kappa shape index (κ2) is 5.59. The molecule has 0 aliphatic heterocycles. The maximum absolute atomic E-state index is 11.0. The predicted octanol–water partition coefficient (Wildman–Crippen LogP) is 2.75. The maximum atomic E-state index is 11.0. The Balaban J connectivity index is 2.05. The van der Waals surface area contributed by atoms with Crippen LogP contribution in [0.5, 0.6) is 0 Å². The molecule has 0 aromatic heterocycles. The first-order valence-electron chi connectivity index (χ1n) is 6.03. The van der Waals surface area contributed by atoms with E-state index in [0.717, 1.165) is 31.4 Å². The molecule has 1 aliphatic carbocycles. The standard InChI is InChI=1S/C13H16ClNO3/c14-12-6-3-9(7-11(12)13(17)18)15-8-1-4-10(16)5-2-8/h3,6-8,10,15-16H,1-2,4-5H2,(H,17,18). The van der Waals surface area contributed by atoms with Gasteiger partial charge in [0.1, 0.15) is 0 Å². The number of aliphatic hydroxyl groups excluding tert-OH is 1. The molecule has 0 spiro atoms. The molecule has 18 heavy (non-hydrogen) atoms. The van der Waals surface area contributed by atoms with Crippen molar-refractivity contribution in [1.29, 1.82) is 0 Å². The van der Waals surface area contributed by atoms with E-state index in [1.807, 2.05) is 0 Å². The Morgan fingerprint density at radius 1 is 1.28 bits per heavy atom. The lowest BCUT2D eigenvalue weighted by Gasteiger charge is -2.27. The third-order valence-electron chi connectivity index (χ3n) is 3.26. The quantitative estimate of drug-likeness (QED) is 0.789. The van der Waals surface area contributed by atoms with E-state index in [0.29, 0.717) is 0 Å². The molecule has 0 unspecified atom stereocenters. The topological polar surface area (TPSA) is 69.6 Å². The van der Waals surface area contributed by atoms with Crippen LogP contribution >= 0.6 is 11.6 Å². The van der Waals surface area contributed by atoms with Crippen LogP contribution in [0.15, 0.2) is 18.2 Å². The van der Waals surface area contributed by atoms with Crippen LogP contribution in [-0.2, 0) is 0 Å². The summed E-state index contributed by atoms with van der Waals surface area (Å²) >= 11 is 5.81. The van der Waals surface area contributed by atoms with Gasteiger partial charge in [-0.1, -0.05) is 11.6 Å². The van der Waals surface area contributed by atoms with Gasteiger partial charge in [0.25, 0.3) is 0 Å². The molecule has 5 heteroatoms. The average Bonchev–Trinajstić information content (AvgIpc) is 2.34. The smallest absolute Gasteiger partial charge is 0.337 e. The number of anilines is 1. The number of rotatable bonds is 3. The number of hydrogen-bond donors (Lipinski definition) is 3. The zero-order chi connectivity index (χ0) is 13.1. The van der Waals surface area contributed by atoms with E-state index in [4.69, 9.17) is 16.7 Å². The Bertz CT molecular complexity index is 442. The third kappa shape index (κ3) is 3.15. The van der Waals surface area contributed by atoms with Crippen molar-refractivity contribution >= 4 is 23.3 Å². The summed E-state index contributed by atoms with van der Waals surface area (Å²) in [5, 5.41) is 21.9. The number of carboxylic acids is 1. The summed E-state index contributed by atoms with van der Waals surface area (Å²) in [7, 11) is 0. The van der Waals surface area contributed by atoms with Gasteiger partial charge in [-0.3, -0.25) is 0 Å². The van der Waals surface area contributed by atoms with Crippen molar-refractivity contribution in [3.8, 4) is 0 Å². The molecule has 4 nitrogen and oxygen atoms in total. The first kappa shape index (κ1) is 13.2. The highest BCUT2D eigenvalue weighted by Crippen LogP contribution is 2.25. The van der Waals surface area contributed by atoms with Crippen molar-refractivity contribution < 1.29 is 15.0 Å². The molecule has 1 aromatic carbocycles. The summed E-state index contributed by atoms with van der Waals surface area (Å²) in [5.74, 6) is -1.03. The minimum absolute atomic E-state index is 0.109. The number of aromatic carboxylic acids is 1. The average molecular weight is 270 g/mol. The highest BCUT2D eigenvalue weighted by molar-refractivity contribution is 6.33. The van der Waals surface area contributed by atoms with Gasteiger partial charge in [-0.25, -0.2) is 4.79 Å². The normalized spacial score (nSPS) is 23.7. The lowest BCUT2D eigenvalue weighted by atomic mass is 9.93. The number of hydrogen-bond acceptors (Lipinski definition) is 3. The predicted molar refractivity (Wildman–Crippen MR) is 70.3 cm³/mol. The van der Waals surface area contributed by atoms with Gasteiger partial charge in [-0.15, -0.1) is 0 Å². The second-order valence-corrected chi connectivity index (χ2v) is 5.06. The van der Waals surface area contributed by atoms with E-state index in [1.54, 1.807) is 18.2 Å². The van der Waals surface area contributed by atoms with Crippen molar-refractivity contribution in [2.45, 2.75) is 37.8 Å². The van der Waals surface area contributed by atoms with Crippen LogP contribution in [0.3, 0.4) is 0 Å². The van der Waals surface area contributed by atoms with Crippen molar-refractivity contribution in [1.82, 2.24) is 0 Å². The molecule has 0 bridgehead atoms. The maximum Gasteiger partial charge on any atom is 0.337 e. The number of carbonyl (C=O) groups is 1. The van der Waals surface area contributed by atoms with E-state index in [2.05, 4.69) is 5.32 Å². The Kier molecular flexibility index (Phi) is 4.09. The van der Waals surface area contributed by atoms with Crippen LogP contribution in [0.4, 0.5) is 5.69 Å². The first-order chi connectivity index (χ1) is 8.56. The fraction of sp³-hybridized carbons (Fsp3) is 0.462. The molecule has 0 heterocycles. The van der Waals surface area contributed by atoms with Crippen molar-refractivity contribution in [3.05, 3.63) is 28.8 Å². The molecule has 1 saturated carbocycles. The van der Waals surface area contributed by atoms with Gasteiger partial charge < -0.3 is 15.5 Å². The minimum atomic E-state index is -1.03. The van der Waals surface area contributed by atoms with Gasteiger partial charge in [-0.05, 0) is 43.9 Å². The van der Waals surface area contributed by atoms with Crippen LogP contribution in [0.2, 0.25) is 5.02 Å². The summed E-state index contributed by atoms with van der Waals surface area (Å²) in [4.78, 5) is 11.0. The van der Waals surface area contributed by atoms with Gasteiger partial charge in [0.2, 0.25) is 0 Å². The summed E-state index contributed by atoms with van der Waals surface area (Å²) in [6, 6.07) is 5.21. The number of nitrogens with one attached hydrogen (secondary N) is 1. The van der Waals surface area contributed by atoms with Gasteiger partial charge in [0, 0.05) is 11.7 Å². The van der Waals surface area contributed by atoms with E-state index in [9.17, 15) is 9.90 Å². The zero-order valence-corrected chi connectivity index (χ0v) is 10.7. The van der Waals surface area contributed by atoms with Crippen LogP contribution in [0.1, 0.15) is 36.0 Å². The highest BCUT2D eigenvalue weighted by Gasteiger charge is 2.19. The largest absolute Gasteiger partial charge is 0.478 e. The molecule has 0 radical (unpaired) electrons. The van der Waals surface area contributed by atoms with E-state index in [1.165, 1.54) is 0 Å². The number of carboxylic acid groups (broad SMARTS) is 1. The summed E-state index contributed by atoms with van der Waals surface area (Å²) in [5.41, 5.74) is 0.871. The van der Waals surface area contributed by atoms with Crippen molar-refractivity contribution in [2.24, 2.45) is 0 Å². The molecule has 1 aromatic rings. The van der Waals surface area contributed by atoms with E-state index < -0.39 is 5.97 Å². The number of benzene rings is 1. The molecule has 2 rings (SSSR count). The summed E-state index contributed by atoms with van der Waals surface area (Å²) in [6.45, 7) is 0. The van der Waals surface area contributed by atoms with Crippen molar-refractivity contribution in [3.63, 3.8) is 0 Å². The van der Waals surface area contributed by atoms with Gasteiger partial charge in [0.15, 0.2) is 0 Å². The van der Waals surface area contributed by atoms with Crippen LogP contribution in [0, 0.1) is 0 Å².